The molecule has 21 heavy (non-hydrogen) atoms. The molecule has 2 aromatic rings. The molecule has 110 valence electrons. The van der Waals surface area contributed by atoms with Gasteiger partial charge in [0.25, 0.3) is 0 Å². The van der Waals surface area contributed by atoms with E-state index in [4.69, 9.17) is 4.74 Å². The van der Waals surface area contributed by atoms with Crippen LogP contribution in [0.25, 0.3) is 0 Å². The summed E-state index contributed by atoms with van der Waals surface area (Å²) in [5.74, 6) is 4.48. The van der Waals surface area contributed by atoms with Gasteiger partial charge in [-0.25, -0.2) is 4.98 Å². The number of nitrogens with one attached hydrogen (secondary N) is 1. The summed E-state index contributed by atoms with van der Waals surface area (Å²) in [5, 5.41) is 3.43. The SMILES string of the molecule is c1ccc(Oc2ccnc(NC3CCCSCC3)n2)cc1. The van der Waals surface area contributed by atoms with E-state index in [1.54, 1.807) is 12.3 Å². The number of benzene rings is 1. The molecule has 1 aromatic carbocycles. The molecule has 1 aromatic heterocycles. The predicted octanol–water partition coefficient (Wildman–Crippen LogP) is 3.97. The van der Waals surface area contributed by atoms with Gasteiger partial charge in [0, 0.05) is 18.3 Å². The molecule has 3 rings (SSSR count). The highest BCUT2D eigenvalue weighted by Crippen LogP contribution is 2.22. The molecule has 1 saturated heterocycles. The van der Waals surface area contributed by atoms with Crippen molar-refractivity contribution in [2.75, 3.05) is 16.8 Å². The van der Waals surface area contributed by atoms with E-state index in [1.807, 2.05) is 42.1 Å². The molecule has 0 amide bonds. The minimum absolute atomic E-state index is 0.465. The molecule has 0 radical (unpaired) electrons. The summed E-state index contributed by atoms with van der Waals surface area (Å²) in [7, 11) is 0. The Morgan fingerprint density at radius 1 is 1.10 bits per heavy atom. The lowest BCUT2D eigenvalue weighted by atomic mass is 10.1. The number of ether oxygens (including phenoxy) is 1. The zero-order chi connectivity index (χ0) is 14.3. The molecule has 1 unspecified atom stereocenters. The van der Waals surface area contributed by atoms with E-state index in [-0.39, 0.29) is 0 Å². The van der Waals surface area contributed by atoms with Gasteiger partial charge in [-0.05, 0) is 42.9 Å². The van der Waals surface area contributed by atoms with Crippen molar-refractivity contribution in [3.05, 3.63) is 42.6 Å². The lowest BCUT2D eigenvalue weighted by Gasteiger charge is -2.16. The van der Waals surface area contributed by atoms with E-state index in [1.165, 1.54) is 24.3 Å². The molecule has 1 fully saturated rings. The highest BCUT2D eigenvalue weighted by Gasteiger charge is 2.13. The van der Waals surface area contributed by atoms with Gasteiger partial charge in [-0.1, -0.05) is 18.2 Å². The van der Waals surface area contributed by atoms with Crippen molar-refractivity contribution in [1.82, 2.24) is 9.97 Å². The summed E-state index contributed by atoms with van der Waals surface area (Å²) in [5.41, 5.74) is 0. The maximum atomic E-state index is 5.74. The Morgan fingerprint density at radius 2 is 2.00 bits per heavy atom. The van der Waals surface area contributed by atoms with Crippen LogP contribution in [0.3, 0.4) is 0 Å². The number of hydrogen-bond donors (Lipinski definition) is 1. The molecule has 0 saturated carbocycles. The summed E-state index contributed by atoms with van der Waals surface area (Å²) < 4.78 is 5.74. The number of thioether (sulfide) groups is 1. The van der Waals surface area contributed by atoms with Crippen molar-refractivity contribution in [1.29, 1.82) is 0 Å². The van der Waals surface area contributed by atoms with Crippen LogP contribution in [0.5, 0.6) is 11.6 Å². The van der Waals surface area contributed by atoms with Crippen molar-refractivity contribution >= 4 is 17.7 Å². The first-order valence-electron chi connectivity index (χ1n) is 7.30. The molecule has 1 aliphatic rings. The molecular formula is C16H19N3OS. The Morgan fingerprint density at radius 3 is 2.90 bits per heavy atom. The van der Waals surface area contributed by atoms with Crippen molar-refractivity contribution in [3.8, 4) is 11.6 Å². The Labute approximate surface area is 129 Å². The van der Waals surface area contributed by atoms with Crippen LogP contribution in [0.2, 0.25) is 0 Å². The minimum Gasteiger partial charge on any atom is -0.439 e. The highest BCUT2D eigenvalue weighted by atomic mass is 32.2. The average Bonchev–Trinajstić information content (AvgIpc) is 2.77. The van der Waals surface area contributed by atoms with E-state index in [2.05, 4.69) is 15.3 Å². The summed E-state index contributed by atoms with van der Waals surface area (Å²) >= 11 is 2.03. The number of rotatable bonds is 4. The molecule has 2 heterocycles. The van der Waals surface area contributed by atoms with Gasteiger partial charge in [0.2, 0.25) is 11.8 Å². The zero-order valence-electron chi connectivity index (χ0n) is 11.9. The zero-order valence-corrected chi connectivity index (χ0v) is 12.7. The monoisotopic (exact) mass is 301 g/mol. The number of hydrogen-bond acceptors (Lipinski definition) is 5. The lowest BCUT2D eigenvalue weighted by Crippen LogP contribution is -2.20. The smallest absolute Gasteiger partial charge is 0.226 e. The van der Waals surface area contributed by atoms with Gasteiger partial charge in [-0.15, -0.1) is 0 Å². The molecule has 1 aliphatic heterocycles. The van der Waals surface area contributed by atoms with E-state index < -0.39 is 0 Å². The fraction of sp³-hybridized carbons (Fsp3) is 0.375. The highest BCUT2D eigenvalue weighted by molar-refractivity contribution is 7.99. The van der Waals surface area contributed by atoms with Gasteiger partial charge in [0.05, 0.1) is 0 Å². The van der Waals surface area contributed by atoms with Gasteiger partial charge in [-0.2, -0.15) is 16.7 Å². The topological polar surface area (TPSA) is 47.0 Å². The first kappa shape index (κ1) is 14.2. The summed E-state index contributed by atoms with van der Waals surface area (Å²) in [6, 6.07) is 11.9. The standard InChI is InChI=1S/C16H19N3OS/c1-2-6-14(7-3-1)20-15-8-10-17-16(19-15)18-13-5-4-11-21-12-9-13/h1-3,6-8,10,13H,4-5,9,11-12H2,(H,17,18,19). The van der Waals surface area contributed by atoms with Crippen molar-refractivity contribution in [2.24, 2.45) is 0 Å². The Kier molecular flexibility index (Phi) is 4.94. The van der Waals surface area contributed by atoms with E-state index in [9.17, 15) is 0 Å². The number of para-hydroxylation sites is 1. The Hall–Kier alpha value is -1.75. The second kappa shape index (κ2) is 7.31. The fourth-order valence-corrected chi connectivity index (χ4v) is 3.33. The van der Waals surface area contributed by atoms with Crippen molar-refractivity contribution in [3.63, 3.8) is 0 Å². The third-order valence-electron chi connectivity index (χ3n) is 3.38. The second-order valence-corrected chi connectivity index (χ2v) is 6.24. The largest absolute Gasteiger partial charge is 0.439 e. The van der Waals surface area contributed by atoms with Gasteiger partial charge >= 0.3 is 0 Å². The third-order valence-corrected chi connectivity index (χ3v) is 4.48. The summed E-state index contributed by atoms with van der Waals surface area (Å²) in [6.07, 6.45) is 5.33. The van der Waals surface area contributed by atoms with Gasteiger partial charge in [-0.3, -0.25) is 0 Å². The number of aromatic nitrogens is 2. The molecule has 0 spiro atoms. The molecule has 1 N–H and O–H groups in total. The van der Waals surface area contributed by atoms with Crippen LogP contribution in [-0.2, 0) is 0 Å². The summed E-state index contributed by atoms with van der Waals surface area (Å²) in [4.78, 5) is 8.74. The van der Waals surface area contributed by atoms with Crippen molar-refractivity contribution in [2.45, 2.75) is 25.3 Å². The fourth-order valence-electron chi connectivity index (χ4n) is 2.31. The number of anilines is 1. The van der Waals surface area contributed by atoms with Gasteiger partial charge < -0.3 is 10.1 Å². The molecule has 5 heteroatoms. The quantitative estimate of drug-likeness (QED) is 0.926. The lowest BCUT2D eigenvalue weighted by molar-refractivity contribution is 0.461. The van der Waals surface area contributed by atoms with Gasteiger partial charge in [0.1, 0.15) is 5.75 Å². The Bertz CT molecular complexity index is 556. The van der Waals surface area contributed by atoms with Crippen LogP contribution in [-0.4, -0.2) is 27.5 Å². The van der Waals surface area contributed by atoms with E-state index >= 15 is 0 Å². The molecule has 0 bridgehead atoms. The van der Waals surface area contributed by atoms with Crippen LogP contribution in [0.4, 0.5) is 5.95 Å². The van der Waals surface area contributed by atoms with Crippen molar-refractivity contribution < 1.29 is 4.74 Å². The first-order chi connectivity index (χ1) is 10.4. The summed E-state index contributed by atoms with van der Waals surface area (Å²) in [6.45, 7) is 0. The maximum absolute atomic E-state index is 5.74. The normalized spacial score (nSPS) is 18.8. The molecule has 0 aliphatic carbocycles. The number of nitrogens with zero attached hydrogens (tertiary/aromatic N) is 2. The van der Waals surface area contributed by atoms with Crippen LogP contribution in [0.15, 0.2) is 42.6 Å². The first-order valence-corrected chi connectivity index (χ1v) is 8.46. The Balaban J connectivity index is 1.65. The minimum atomic E-state index is 0.465. The molecule has 1 atom stereocenters. The van der Waals surface area contributed by atoms with E-state index in [0.29, 0.717) is 17.9 Å². The molecular weight excluding hydrogens is 282 g/mol. The maximum Gasteiger partial charge on any atom is 0.226 e. The van der Waals surface area contributed by atoms with E-state index in [0.717, 1.165) is 12.2 Å². The molecule has 4 nitrogen and oxygen atoms in total. The van der Waals surface area contributed by atoms with Crippen LogP contribution < -0.4 is 10.1 Å². The van der Waals surface area contributed by atoms with Crippen LogP contribution >= 0.6 is 11.8 Å². The third kappa shape index (κ3) is 4.36. The van der Waals surface area contributed by atoms with Crippen LogP contribution in [0.1, 0.15) is 19.3 Å². The average molecular weight is 301 g/mol. The second-order valence-electron chi connectivity index (χ2n) is 5.02. The predicted molar refractivity (Wildman–Crippen MR) is 87.1 cm³/mol. The van der Waals surface area contributed by atoms with Gasteiger partial charge in [0.15, 0.2) is 0 Å². The van der Waals surface area contributed by atoms with Crippen LogP contribution in [0, 0.1) is 0 Å².